The number of phosphoric ester groups is 2. The molecule has 0 spiro atoms. The second-order valence-electron chi connectivity index (χ2n) is 26.3. The summed E-state index contributed by atoms with van der Waals surface area (Å²) < 4.78 is 68.5. The van der Waals surface area contributed by atoms with Gasteiger partial charge in [-0.3, -0.25) is 37.3 Å². The minimum Gasteiger partial charge on any atom is -0.462 e. The number of aliphatic hydroxyl groups is 1. The lowest BCUT2D eigenvalue weighted by Crippen LogP contribution is -2.30. The van der Waals surface area contributed by atoms with Crippen molar-refractivity contribution < 1.29 is 80.2 Å². The third-order valence-corrected chi connectivity index (χ3v) is 18.7. The van der Waals surface area contributed by atoms with Crippen LogP contribution in [-0.2, 0) is 65.4 Å². The van der Waals surface area contributed by atoms with Crippen LogP contribution in [0.1, 0.15) is 362 Å². The van der Waals surface area contributed by atoms with Gasteiger partial charge in [-0.25, -0.2) is 9.13 Å². The Hall–Kier alpha value is -2.98. The Kier molecular flexibility index (Phi) is 68.3. The molecule has 0 heterocycles. The summed E-state index contributed by atoms with van der Waals surface area (Å²) in [6, 6.07) is 0. The van der Waals surface area contributed by atoms with Gasteiger partial charge in [0.15, 0.2) is 12.2 Å². The standard InChI is InChI=1S/C77H142O17P2/c1-5-9-13-17-21-25-29-33-35-39-43-47-51-55-59-63-76(81)93-72(67-87-74(79)61-57-53-49-45-41-37-31-27-23-19-15-11-7-3)69-91-95(83,84)89-65-71(78)66-90-96(85,86)92-70-73(68-88-75(80)62-58-54-50-46-42-38-32-28-24-20-16-12-8-4)94-77(82)64-60-56-52-48-44-40-36-34-30-26-22-18-14-10-6-2/h21,25,27,31,33-36,71-73,78H,5-20,22-24,26,28-30,32,37-70H2,1-4H3,(H,83,84)(H,85,86)/b25-21-,31-27-,35-33-,36-34-/t71-,72-,73-/m1/s1. The molecule has 0 aromatic carbocycles. The summed E-state index contributed by atoms with van der Waals surface area (Å²) in [6.45, 7) is 4.86. The molecule has 2 unspecified atom stereocenters. The van der Waals surface area contributed by atoms with E-state index in [1.165, 1.54) is 141 Å². The van der Waals surface area contributed by atoms with Gasteiger partial charge in [-0.05, 0) is 109 Å². The highest BCUT2D eigenvalue weighted by Gasteiger charge is 2.30. The quantitative estimate of drug-likeness (QED) is 0.0169. The van der Waals surface area contributed by atoms with E-state index in [1.54, 1.807) is 0 Å². The Bertz CT molecular complexity index is 2010. The molecule has 0 rings (SSSR count). The molecule has 17 nitrogen and oxygen atoms in total. The van der Waals surface area contributed by atoms with Crippen molar-refractivity contribution in [1.82, 2.24) is 0 Å². The summed E-state index contributed by atoms with van der Waals surface area (Å²) >= 11 is 0. The van der Waals surface area contributed by atoms with Gasteiger partial charge in [0, 0.05) is 25.7 Å². The van der Waals surface area contributed by atoms with Gasteiger partial charge in [0.2, 0.25) is 0 Å². The number of carbonyl (C=O) groups is 4. The van der Waals surface area contributed by atoms with Crippen LogP contribution in [0.2, 0.25) is 0 Å². The van der Waals surface area contributed by atoms with E-state index >= 15 is 0 Å². The predicted octanol–water partition coefficient (Wildman–Crippen LogP) is 22.1. The van der Waals surface area contributed by atoms with Gasteiger partial charge < -0.3 is 33.8 Å². The maximum Gasteiger partial charge on any atom is 0.472 e. The smallest absolute Gasteiger partial charge is 0.462 e. The minimum atomic E-state index is -4.97. The molecule has 0 saturated heterocycles. The molecule has 3 N–H and O–H groups in total. The fraction of sp³-hybridized carbons (Fsp3) is 0.844. The van der Waals surface area contributed by atoms with Crippen molar-refractivity contribution in [2.45, 2.75) is 380 Å². The number of phosphoric acid groups is 2. The maximum absolute atomic E-state index is 13.1. The third kappa shape index (κ3) is 69.5. The highest BCUT2D eigenvalue weighted by atomic mass is 31.2. The summed E-state index contributed by atoms with van der Waals surface area (Å²) in [5, 5.41) is 10.6. The molecule has 5 atom stereocenters. The van der Waals surface area contributed by atoms with E-state index < -0.39 is 97.5 Å². The van der Waals surface area contributed by atoms with Gasteiger partial charge >= 0.3 is 39.5 Å². The van der Waals surface area contributed by atoms with Crippen molar-refractivity contribution in [3.63, 3.8) is 0 Å². The average Bonchev–Trinajstić information content (AvgIpc) is 1.19. The maximum atomic E-state index is 13.1. The fourth-order valence-electron chi connectivity index (χ4n) is 10.8. The number of unbranched alkanes of at least 4 members (excludes halogenated alkanes) is 40. The van der Waals surface area contributed by atoms with Crippen LogP contribution >= 0.6 is 15.6 Å². The number of hydrogen-bond donors (Lipinski definition) is 3. The third-order valence-electron chi connectivity index (χ3n) is 16.8. The van der Waals surface area contributed by atoms with Crippen LogP contribution in [0.3, 0.4) is 0 Å². The molecular weight excluding hydrogens is 1260 g/mol. The van der Waals surface area contributed by atoms with E-state index in [0.717, 1.165) is 141 Å². The number of esters is 4. The van der Waals surface area contributed by atoms with Crippen LogP contribution in [0.15, 0.2) is 48.6 Å². The molecule has 0 bridgehead atoms. The normalized spacial score (nSPS) is 14.2. The van der Waals surface area contributed by atoms with Crippen molar-refractivity contribution in [3.05, 3.63) is 48.6 Å². The van der Waals surface area contributed by atoms with Gasteiger partial charge in [-0.15, -0.1) is 0 Å². The molecular formula is C77H142O17P2. The Morgan fingerprint density at radius 1 is 0.292 bits per heavy atom. The van der Waals surface area contributed by atoms with Crippen LogP contribution in [0.4, 0.5) is 0 Å². The van der Waals surface area contributed by atoms with Gasteiger partial charge in [-0.1, -0.05) is 275 Å². The molecule has 96 heavy (non-hydrogen) atoms. The first-order chi connectivity index (χ1) is 46.7. The van der Waals surface area contributed by atoms with Crippen molar-refractivity contribution >= 4 is 39.5 Å². The van der Waals surface area contributed by atoms with E-state index in [-0.39, 0.29) is 25.7 Å². The van der Waals surface area contributed by atoms with Gasteiger partial charge in [0.05, 0.1) is 26.4 Å². The lowest BCUT2D eigenvalue weighted by atomic mass is 10.0. The number of carbonyl (C=O) groups excluding carboxylic acids is 4. The van der Waals surface area contributed by atoms with E-state index in [9.17, 15) is 43.2 Å². The Morgan fingerprint density at radius 3 is 0.812 bits per heavy atom. The molecule has 562 valence electrons. The first kappa shape index (κ1) is 93.0. The Morgan fingerprint density at radius 2 is 0.510 bits per heavy atom. The number of allylic oxidation sites excluding steroid dienone is 8. The summed E-state index contributed by atoms with van der Waals surface area (Å²) in [5.41, 5.74) is 0. The van der Waals surface area contributed by atoms with Crippen molar-refractivity contribution in [2.24, 2.45) is 0 Å². The SMILES string of the molecule is CCCCC/C=C\C/C=C\CCCCCCCC(=O)O[C@H](COC(=O)CCCCCCC/C=C\CCCCCC)COP(=O)(O)OC[C@@H](O)COP(=O)(O)OC[C@@H](COC(=O)CCCCCCCCCCCCCCC)OC(=O)CCCCCCC/C=C\CCCCCCCC. The van der Waals surface area contributed by atoms with E-state index in [4.69, 9.17) is 37.0 Å². The molecule has 0 saturated carbocycles. The Labute approximate surface area is 585 Å². The summed E-state index contributed by atoms with van der Waals surface area (Å²) in [6.07, 6.45) is 66.6. The van der Waals surface area contributed by atoms with Crippen molar-refractivity contribution in [1.29, 1.82) is 0 Å². The zero-order chi connectivity index (χ0) is 70.4. The van der Waals surface area contributed by atoms with Crippen LogP contribution in [0.5, 0.6) is 0 Å². The zero-order valence-corrected chi connectivity index (χ0v) is 63.1. The first-order valence-corrected chi connectivity index (χ1v) is 41.9. The average molecular weight is 1400 g/mol. The van der Waals surface area contributed by atoms with E-state index in [2.05, 4.69) is 76.3 Å². The molecule has 0 aliphatic rings. The van der Waals surface area contributed by atoms with E-state index in [1.807, 2.05) is 0 Å². The van der Waals surface area contributed by atoms with Crippen LogP contribution < -0.4 is 0 Å². The van der Waals surface area contributed by atoms with Gasteiger partial charge in [-0.2, -0.15) is 0 Å². The monoisotopic (exact) mass is 1400 g/mol. The van der Waals surface area contributed by atoms with Crippen molar-refractivity contribution in [2.75, 3.05) is 39.6 Å². The number of rotatable bonds is 74. The second kappa shape index (κ2) is 70.5. The van der Waals surface area contributed by atoms with Gasteiger partial charge in [0.1, 0.15) is 19.3 Å². The van der Waals surface area contributed by atoms with Gasteiger partial charge in [0.25, 0.3) is 0 Å². The molecule has 0 aliphatic heterocycles. The highest BCUT2D eigenvalue weighted by Crippen LogP contribution is 2.45. The largest absolute Gasteiger partial charge is 0.472 e. The topological polar surface area (TPSA) is 237 Å². The number of ether oxygens (including phenoxy) is 4. The number of hydrogen-bond acceptors (Lipinski definition) is 15. The van der Waals surface area contributed by atoms with Crippen LogP contribution in [0.25, 0.3) is 0 Å². The molecule has 0 aliphatic carbocycles. The molecule has 0 aromatic heterocycles. The highest BCUT2D eigenvalue weighted by molar-refractivity contribution is 7.47. The summed E-state index contributed by atoms with van der Waals surface area (Å²) in [5.74, 6) is -2.17. The fourth-order valence-corrected chi connectivity index (χ4v) is 12.3. The van der Waals surface area contributed by atoms with Crippen molar-refractivity contribution in [3.8, 4) is 0 Å². The predicted molar refractivity (Wildman–Crippen MR) is 390 cm³/mol. The van der Waals surface area contributed by atoms with Crippen LogP contribution in [-0.4, -0.2) is 96.7 Å². The Balaban J connectivity index is 5.33. The number of aliphatic hydroxyl groups excluding tert-OH is 1. The lowest BCUT2D eigenvalue weighted by Gasteiger charge is -2.21. The lowest BCUT2D eigenvalue weighted by molar-refractivity contribution is -0.161. The van der Waals surface area contributed by atoms with Crippen LogP contribution in [0, 0.1) is 0 Å². The first-order valence-electron chi connectivity index (χ1n) is 38.9. The summed E-state index contributed by atoms with van der Waals surface area (Å²) in [7, 11) is -9.94. The second-order valence-corrected chi connectivity index (χ2v) is 29.2. The molecule has 19 heteroatoms. The zero-order valence-electron chi connectivity index (χ0n) is 61.3. The molecule has 0 amide bonds. The van der Waals surface area contributed by atoms with E-state index in [0.29, 0.717) is 25.7 Å². The molecule has 0 fully saturated rings. The molecule has 0 radical (unpaired) electrons. The molecule has 0 aromatic rings. The summed E-state index contributed by atoms with van der Waals surface area (Å²) in [4.78, 5) is 72.8. The minimum absolute atomic E-state index is 0.0819.